The van der Waals surface area contributed by atoms with Gasteiger partial charge in [0.1, 0.15) is 11.5 Å². The molecule has 0 unspecified atom stereocenters. The number of hydrogen-bond acceptors (Lipinski definition) is 3. The Kier molecular flexibility index (Phi) is 3.75. The van der Waals surface area contributed by atoms with Crippen LogP contribution in [0.3, 0.4) is 0 Å². The van der Waals surface area contributed by atoms with Crippen molar-refractivity contribution in [2.75, 3.05) is 13.2 Å². The molecule has 0 radical (unpaired) electrons. The van der Waals surface area contributed by atoms with Gasteiger partial charge in [0.25, 0.3) is 5.91 Å². The topological polar surface area (TPSA) is 62.5 Å². The van der Waals surface area contributed by atoms with Crippen LogP contribution >= 0.6 is 0 Å². The normalized spacial score (nSPS) is 11.6. The highest BCUT2D eigenvalue weighted by Gasteiger charge is 2.19. The molecule has 1 heterocycles. The Morgan fingerprint density at radius 3 is 2.56 bits per heavy atom. The lowest BCUT2D eigenvalue weighted by atomic mass is 9.95. The molecule has 1 rings (SSSR count). The molecule has 0 aliphatic heterocycles. The number of hydrogen-bond donors (Lipinski definition) is 2. The van der Waals surface area contributed by atoms with Crippen LogP contribution in [0.4, 0.5) is 0 Å². The summed E-state index contributed by atoms with van der Waals surface area (Å²) in [5.41, 5.74) is 0.258. The number of carbonyl (C=O) groups is 1. The van der Waals surface area contributed by atoms with Crippen LogP contribution in [0.5, 0.6) is 0 Å². The second-order valence-corrected chi connectivity index (χ2v) is 4.83. The van der Waals surface area contributed by atoms with Gasteiger partial charge in [-0.15, -0.1) is 0 Å². The van der Waals surface area contributed by atoms with Crippen LogP contribution in [0.25, 0.3) is 0 Å². The molecule has 0 saturated carbocycles. The van der Waals surface area contributed by atoms with Gasteiger partial charge in [0, 0.05) is 18.6 Å². The first kappa shape index (κ1) is 12.8. The van der Waals surface area contributed by atoms with Crippen molar-refractivity contribution in [2.24, 2.45) is 5.41 Å². The molecule has 16 heavy (non-hydrogen) atoms. The Bertz CT molecular complexity index is 380. The first-order valence-electron chi connectivity index (χ1n) is 5.32. The quantitative estimate of drug-likeness (QED) is 0.819. The number of carbonyl (C=O) groups excluding carboxylic acids is 1. The summed E-state index contributed by atoms with van der Waals surface area (Å²) in [6, 6.07) is 1.72. The van der Waals surface area contributed by atoms with E-state index in [0.29, 0.717) is 17.9 Å². The van der Waals surface area contributed by atoms with Gasteiger partial charge in [-0.25, -0.2) is 0 Å². The molecule has 2 N–H and O–H groups in total. The summed E-state index contributed by atoms with van der Waals surface area (Å²) in [5.74, 6) is 1.19. The largest absolute Gasteiger partial charge is 0.466 e. The first-order chi connectivity index (χ1) is 7.35. The molecule has 0 saturated heterocycles. The lowest BCUT2D eigenvalue weighted by Gasteiger charge is -2.21. The Balaban J connectivity index is 2.63. The van der Waals surface area contributed by atoms with Crippen LogP contribution in [0, 0.1) is 19.3 Å². The van der Waals surface area contributed by atoms with Gasteiger partial charge in [0.2, 0.25) is 0 Å². The molecule has 0 spiro atoms. The monoisotopic (exact) mass is 225 g/mol. The smallest absolute Gasteiger partial charge is 0.254 e. The van der Waals surface area contributed by atoms with Gasteiger partial charge in [0.05, 0.1) is 5.56 Å². The van der Waals surface area contributed by atoms with Crippen molar-refractivity contribution in [3.05, 3.63) is 23.2 Å². The zero-order chi connectivity index (χ0) is 12.3. The van der Waals surface area contributed by atoms with Crippen molar-refractivity contribution in [1.82, 2.24) is 5.32 Å². The average molecular weight is 225 g/mol. The van der Waals surface area contributed by atoms with Crippen molar-refractivity contribution in [3.63, 3.8) is 0 Å². The fraction of sp³-hybridized carbons (Fsp3) is 0.583. The number of nitrogens with one attached hydrogen (secondary N) is 1. The molecule has 1 aromatic rings. The lowest BCUT2D eigenvalue weighted by molar-refractivity contribution is 0.0909. The maximum atomic E-state index is 11.8. The van der Waals surface area contributed by atoms with Crippen LogP contribution in [-0.4, -0.2) is 24.2 Å². The van der Waals surface area contributed by atoms with Crippen LogP contribution in [0.1, 0.15) is 35.7 Å². The molecule has 4 heteroatoms. The van der Waals surface area contributed by atoms with Crippen molar-refractivity contribution in [2.45, 2.75) is 27.7 Å². The summed E-state index contributed by atoms with van der Waals surface area (Å²) < 4.78 is 5.28. The molecule has 0 fully saturated rings. The van der Waals surface area contributed by atoms with Gasteiger partial charge in [-0.3, -0.25) is 4.79 Å². The Labute approximate surface area is 95.7 Å². The number of furan rings is 1. The number of aliphatic hydroxyl groups excluding tert-OH is 1. The minimum absolute atomic E-state index is 0.0384. The van der Waals surface area contributed by atoms with E-state index in [-0.39, 0.29) is 17.9 Å². The van der Waals surface area contributed by atoms with Gasteiger partial charge < -0.3 is 14.8 Å². The molecule has 0 aromatic carbocycles. The molecule has 0 atom stereocenters. The predicted octanol–water partition coefficient (Wildman–Crippen LogP) is 1.64. The van der Waals surface area contributed by atoms with Crippen molar-refractivity contribution < 1.29 is 14.3 Å². The summed E-state index contributed by atoms with van der Waals surface area (Å²) in [7, 11) is 0. The molecular weight excluding hydrogens is 206 g/mol. The van der Waals surface area contributed by atoms with Gasteiger partial charge >= 0.3 is 0 Å². The van der Waals surface area contributed by atoms with Crippen LogP contribution < -0.4 is 5.32 Å². The third kappa shape index (κ3) is 3.10. The summed E-state index contributed by atoms with van der Waals surface area (Å²) in [6.07, 6.45) is 0. The maximum absolute atomic E-state index is 11.8. The van der Waals surface area contributed by atoms with E-state index in [0.717, 1.165) is 5.76 Å². The van der Waals surface area contributed by atoms with E-state index < -0.39 is 0 Å². The maximum Gasteiger partial charge on any atom is 0.254 e. The summed E-state index contributed by atoms with van der Waals surface area (Å²) >= 11 is 0. The van der Waals surface area contributed by atoms with E-state index in [2.05, 4.69) is 5.32 Å². The van der Waals surface area contributed by atoms with Crippen molar-refractivity contribution >= 4 is 5.91 Å². The van der Waals surface area contributed by atoms with E-state index in [1.165, 1.54) is 0 Å². The molecule has 0 aliphatic rings. The Hall–Kier alpha value is -1.29. The number of amides is 1. The summed E-state index contributed by atoms with van der Waals surface area (Å²) in [6.45, 7) is 7.82. The van der Waals surface area contributed by atoms with Crippen LogP contribution in [-0.2, 0) is 0 Å². The average Bonchev–Trinajstić information content (AvgIpc) is 2.54. The van der Waals surface area contributed by atoms with Gasteiger partial charge in [0.15, 0.2) is 0 Å². The van der Waals surface area contributed by atoms with Crippen molar-refractivity contribution in [1.29, 1.82) is 0 Å². The fourth-order valence-electron chi connectivity index (χ4n) is 1.33. The highest BCUT2D eigenvalue weighted by Crippen LogP contribution is 2.15. The van der Waals surface area contributed by atoms with Gasteiger partial charge in [-0.05, 0) is 19.9 Å². The highest BCUT2D eigenvalue weighted by molar-refractivity contribution is 5.95. The van der Waals surface area contributed by atoms with E-state index in [1.54, 1.807) is 19.9 Å². The van der Waals surface area contributed by atoms with Crippen LogP contribution in [0.2, 0.25) is 0 Å². The molecule has 4 nitrogen and oxygen atoms in total. The SMILES string of the molecule is Cc1cc(C(=O)NCC(C)(C)CO)c(C)o1. The number of aryl methyl sites for hydroxylation is 2. The van der Waals surface area contributed by atoms with Crippen molar-refractivity contribution in [3.8, 4) is 0 Å². The zero-order valence-corrected chi connectivity index (χ0v) is 10.3. The molecular formula is C12H19NO3. The molecule has 1 amide bonds. The number of aliphatic hydroxyl groups is 1. The predicted molar refractivity (Wildman–Crippen MR) is 61.4 cm³/mol. The molecule has 90 valence electrons. The van der Waals surface area contributed by atoms with E-state index >= 15 is 0 Å². The second-order valence-electron chi connectivity index (χ2n) is 4.83. The Morgan fingerprint density at radius 2 is 2.12 bits per heavy atom. The molecule has 1 aromatic heterocycles. The highest BCUT2D eigenvalue weighted by atomic mass is 16.3. The third-order valence-electron chi connectivity index (χ3n) is 2.44. The summed E-state index contributed by atoms with van der Waals surface area (Å²) in [5, 5.41) is 11.9. The zero-order valence-electron chi connectivity index (χ0n) is 10.3. The molecule has 0 bridgehead atoms. The number of rotatable bonds is 4. The third-order valence-corrected chi connectivity index (χ3v) is 2.44. The van der Waals surface area contributed by atoms with Crippen LogP contribution in [0.15, 0.2) is 10.5 Å². The molecule has 0 aliphatic carbocycles. The summed E-state index contributed by atoms with van der Waals surface area (Å²) in [4.78, 5) is 11.8. The first-order valence-corrected chi connectivity index (χ1v) is 5.32. The van der Waals surface area contributed by atoms with E-state index in [9.17, 15) is 4.79 Å². The van der Waals surface area contributed by atoms with E-state index in [1.807, 2.05) is 13.8 Å². The van der Waals surface area contributed by atoms with Gasteiger partial charge in [-0.2, -0.15) is 0 Å². The minimum atomic E-state index is -0.303. The second kappa shape index (κ2) is 4.70. The fourth-order valence-corrected chi connectivity index (χ4v) is 1.33. The Morgan fingerprint density at radius 1 is 1.50 bits per heavy atom. The van der Waals surface area contributed by atoms with Gasteiger partial charge in [-0.1, -0.05) is 13.8 Å². The minimum Gasteiger partial charge on any atom is -0.466 e. The van der Waals surface area contributed by atoms with E-state index in [4.69, 9.17) is 9.52 Å². The lowest BCUT2D eigenvalue weighted by Crippen LogP contribution is -2.36. The standard InChI is InChI=1S/C12H19NO3/c1-8-5-10(9(2)16-8)11(15)13-6-12(3,4)7-14/h5,14H,6-7H2,1-4H3,(H,13,15).